The molecule has 0 amide bonds. The zero-order valence-corrected chi connectivity index (χ0v) is 37.8. The van der Waals surface area contributed by atoms with E-state index in [1.807, 2.05) is 0 Å². The van der Waals surface area contributed by atoms with Gasteiger partial charge in [0.1, 0.15) is 0 Å². The van der Waals surface area contributed by atoms with Crippen molar-refractivity contribution in [3.8, 4) is 51.0 Å². The maximum absolute atomic E-state index is 5.27. The number of hydrogen-bond donors (Lipinski definition) is 0. The van der Waals surface area contributed by atoms with E-state index in [0.29, 0.717) is 0 Å². The maximum atomic E-state index is 5.27. The Morgan fingerprint density at radius 3 is 1.16 bits per heavy atom. The van der Waals surface area contributed by atoms with Crippen LogP contribution >= 0.6 is 0 Å². The molecule has 13 aromatic rings. The number of fused-ring (bicyclic) bond motifs is 9. The summed E-state index contributed by atoms with van der Waals surface area (Å²) in [6.45, 7) is 8.73. The van der Waals surface area contributed by atoms with Crippen molar-refractivity contribution in [1.29, 1.82) is 0 Å². The molecule has 318 valence electrons. The monoisotopic (exact) mass is 859 g/mol. The Kier molecular flexibility index (Phi) is 8.71. The first-order valence-corrected chi connectivity index (χ1v) is 23.1. The van der Waals surface area contributed by atoms with E-state index in [1.165, 1.54) is 82.3 Å². The Bertz CT molecular complexity index is 3800. The molecule has 67 heavy (non-hydrogen) atoms. The van der Waals surface area contributed by atoms with Gasteiger partial charge in [-0.05, 0) is 130 Å². The highest BCUT2D eigenvalue weighted by atomic mass is 15.0. The largest absolute Gasteiger partial charge is 0.309 e. The van der Waals surface area contributed by atoms with Crippen LogP contribution in [-0.2, 0) is 0 Å². The summed E-state index contributed by atoms with van der Waals surface area (Å²) in [5.74, 6) is 0.720. The molecule has 4 aromatic heterocycles. The molecule has 0 saturated carbocycles. The van der Waals surface area contributed by atoms with Crippen molar-refractivity contribution < 1.29 is 0 Å². The SMILES string of the molecule is Cc1cccc(-c2cc(-c3cc(C)c(-n4c5ccc(-n6c7ccccc7c7ccccc76)cc5c5cc(-n6c7ccccc7c7ccccc76)ccc54)c(C)c3)nc(-c3cccc(C)c3)n2)c1. The number of nitrogens with zero attached hydrogens (tertiary/aromatic N) is 5. The van der Waals surface area contributed by atoms with Gasteiger partial charge >= 0.3 is 0 Å². The Morgan fingerprint density at radius 2 is 0.701 bits per heavy atom. The normalized spacial score (nSPS) is 11.9. The predicted molar refractivity (Wildman–Crippen MR) is 280 cm³/mol. The van der Waals surface area contributed by atoms with Crippen LogP contribution in [0.25, 0.3) is 116 Å². The van der Waals surface area contributed by atoms with E-state index in [2.05, 4.69) is 242 Å². The van der Waals surface area contributed by atoms with Crippen LogP contribution in [0.4, 0.5) is 0 Å². The molecule has 5 nitrogen and oxygen atoms in total. The van der Waals surface area contributed by atoms with Crippen LogP contribution in [0, 0.1) is 27.7 Å². The standard InChI is InChI=1S/C62H45N5/c1-38-15-13-17-42(31-38)53-37-54(64-62(63-53)43-18-14-16-39(2)32-43)44-33-40(3)61(41(4)34-44)67-59-29-27-45(65-55-23-9-5-19-47(55)48-20-6-10-24-56(48)65)35-51(59)52-36-46(28-30-60(52)67)66-57-25-11-7-21-49(57)50-22-8-12-26-58(50)66/h5-37H,1-4H3. The molecule has 0 fully saturated rings. The lowest BCUT2D eigenvalue weighted by Gasteiger charge is -2.17. The quantitative estimate of drug-likeness (QED) is 0.167. The molecule has 0 bridgehead atoms. The molecule has 0 aliphatic carbocycles. The summed E-state index contributed by atoms with van der Waals surface area (Å²) in [5, 5.41) is 7.40. The predicted octanol–water partition coefficient (Wildman–Crippen LogP) is 16.0. The van der Waals surface area contributed by atoms with Crippen LogP contribution in [-0.4, -0.2) is 23.7 Å². The Labute approximate surface area is 388 Å². The van der Waals surface area contributed by atoms with Gasteiger partial charge in [-0.1, -0.05) is 120 Å². The van der Waals surface area contributed by atoms with Gasteiger partial charge in [0.25, 0.3) is 0 Å². The van der Waals surface area contributed by atoms with E-state index in [9.17, 15) is 0 Å². The summed E-state index contributed by atoms with van der Waals surface area (Å²) in [6, 6.07) is 72.9. The Hall–Kier alpha value is -8.54. The van der Waals surface area contributed by atoms with Crippen LogP contribution in [0.5, 0.6) is 0 Å². The highest BCUT2D eigenvalue weighted by Crippen LogP contribution is 2.41. The first kappa shape index (κ1) is 38.9. The zero-order chi connectivity index (χ0) is 44.9. The van der Waals surface area contributed by atoms with Gasteiger partial charge in [-0.15, -0.1) is 0 Å². The summed E-state index contributed by atoms with van der Waals surface area (Å²) >= 11 is 0. The smallest absolute Gasteiger partial charge is 0.160 e. The van der Waals surface area contributed by atoms with E-state index in [1.54, 1.807) is 0 Å². The number of benzene rings is 9. The van der Waals surface area contributed by atoms with Gasteiger partial charge < -0.3 is 13.7 Å². The molecule has 9 aromatic carbocycles. The summed E-state index contributed by atoms with van der Waals surface area (Å²) in [6.07, 6.45) is 0. The van der Waals surface area contributed by atoms with Gasteiger partial charge in [0.15, 0.2) is 5.82 Å². The third-order valence-corrected chi connectivity index (χ3v) is 13.7. The fourth-order valence-electron chi connectivity index (χ4n) is 10.8. The third-order valence-electron chi connectivity index (χ3n) is 13.7. The summed E-state index contributed by atoms with van der Waals surface area (Å²) < 4.78 is 7.33. The molecule has 0 spiro atoms. The number of aryl methyl sites for hydroxylation is 4. The van der Waals surface area contributed by atoms with Crippen molar-refractivity contribution >= 4 is 65.4 Å². The second kappa shape index (κ2) is 15.0. The second-order valence-corrected chi connectivity index (χ2v) is 18.1. The van der Waals surface area contributed by atoms with Gasteiger partial charge in [-0.25, -0.2) is 9.97 Å². The maximum Gasteiger partial charge on any atom is 0.160 e. The second-order valence-electron chi connectivity index (χ2n) is 18.1. The van der Waals surface area contributed by atoms with Crippen LogP contribution < -0.4 is 0 Å². The number of rotatable bonds is 6. The van der Waals surface area contributed by atoms with Crippen molar-refractivity contribution in [2.75, 3.05) is 0 Å². The van der Waals surface area contributed by atoms with Crippen LogP contribution in [0.15, 0.2) is 200 Å². The van der Waals surface area contributed by atoms with Crippen molar-refractivity contribution in [3.63, 3.8) is 0 Å². The van der Waals surface area contributed by atoms with Crippen LogP contribution in [0.1, 0.15) is 22.3 Å². The number of hydrogen-bond acceptors (Lipinski definition) is 2. The first-order valence-electron chi connectivity index (χ1n) is 23.1. The molecule has 4 heterocycles. The molecule has 0 atom stereocenters. The molecular formula is C62H45N5. The first-order chi connectivity index (χ1) is 32.9. The van der Waals surface area contributed by atoms with Gasteiger partial charge in [-0.3, -0.25) is 0 Å². The molecule has 5 heteroatoms. The molecule has 13 rings (SSSR count). The van der Waals surface area contributed by atoms with Crippen molar-refractivity contribution in [1.82, 2.24) is 23.7 Å². The zero-order valence-electron chi connectivity index (χ0n) is 37.8. The van der Waals surface area contributed by atoms with Gasteiger partial charge in [0, 0.05) is 60.4 Å². The highest BCUT2D eigenvalue weighted by Gasteiger charge is 2.22. The number of aromatic nitrogens is 5. The number of para-hydroxylation sites is 4. The molecular weight excluding hydrogens is 815 g/mol. The van der Waals surface area contributed by atoms with E-state index in [-0.39, 0.29) is 0 Å². The van der Waals surface area contributed by atoms with E-state index >= 15 is 0 Å². The Morgan fingerprint density at radius 1 is 0.299 bits per heavy atom. The van der Waals surface area contributed by atoms with Crippen molar-refractivity contribution in [3.05, 3.63) is 222 Å². The third kappa shape index (κ3) is 6.15. The van der Waals surface area contributed by atoms with Gasteiger partial charge in [-0.2, -0.15) is 0 Å². The molecule has 0 radical (unpaired) electrons. The Balaban J connectivity index is 1.04. The molecule has 0 aliphatic rings. The lowest BCUT2D eigenvalue weighted by molar-refractivity contribution is 1.11. The molecule has 0 unspecified atom stereocenters. The van der Waals surface area contributed by atoms with E-state index < -0.39 is 0 Å². The minimum atomic E-state index is 0.720. The summed E-state index contributed by atoms with van der Waals surface area (Å²) in [7, 11) is 0. The van der Waals surface area contributed by atoms with Crippen LogP contribution in [0.2, 0.25) is 0 Å². The van der Waals surface area contributed by atoms with Crippen molar-refractivity contribution in [2.45, 2.75) is 27.7 Å². The average Bonchev–Trinajstić information content (AvgIpc) is 3.99. The molecule has 0 saturated heterocycles. The van der Waals surface area contributed by atoms with Crippen LogP contribution in [0.3, 0.4) is 0 Å². The lowest BCUT2D eigenvalue weighted by Crippen LogP contribution is -2.02. The minimum absolute atomic E-state index is 0.720. The van der Waals surface area contributed by atoms with Gasteiger partial charge in [0.2, 0.25) is 0 Å². The summed E-state index contributed by atoms with van der Waals surface area (Å²) in [5.41, 5.74) is 20.2. The minimum Gasteiger partial charge on any atom is -0.309 e. The topological polar surface area (TPSA) is 40.6 Å². The molecule has 0 aliphatic heterocycles. The fraction of sp³-hybridized carbons (Fsp3) is 0.0645. The van der Waals surface area contributed by atoms with Crippen molar-refractivity contribution in [2.24, 2.45) is 0 Å². The lowest BCUT2D eigenvalue weighted by atomic mass is 9.99. The van der Waals surface area contributed by atoms with Gasteiger partial charge in [0.05, 0.1) is 50.2 Å². The molecule has 0 N–H and O–H groups in total. The summed E-state index contributed by atoms with van der Waals surface area (Å²) in [4.78, 5) is 10.4. The van der Waals surface area contributed by atoms with E-state index in [4.69, 9.17) is 9.97 Å². The average molecular weight is 860 g/mol. The fourth-order valence-corrected chi connectivity index (χ4v) is 10.8. The van der Waals surface area contributed by atoms with E-state index in [0.717, 1.165) is 56.3 Å². The highest BCUT2D eigenvalue weighted by molar-refractivity contribution is 6.14.